The van der Waals surface area contributed by atoms with E-state index in [1.54, 1.807) is 37.3 Å². The number of nitrogens with one attached hydrogen (secondary N) is 1. The van der Waals surface area contributed by atoms with Gasteiger partial charge >= 0.3 is 0 Å². The number of hydrogen-bond acceptors (Lipinski definition) is 4. The van der Waals surface area contributed by atoms with Crippen LogP contribution in [-0.4, -0.2) is 43.8 Å². The number of sulfonamides is 1. The smallest absolute Gasteiger partial charge is 0.264 e. The lowest BCUT2D eigenvalue weighted by Crippen LogP contribution is -2.52. The Bertz CT molecular complexity index is 1350. The number of para-hydroxylation sites is 1. The lowest BCUT2D eigenvalue weighted by atomic mass is 10.1. The zero-order chi connectivity index (χ0) is 27.9. The molecule has 3 rings (SSSR count). The highest BCUT2D eigenvalue weighted by molar-refractivity contribution is 7.92. The first kappa shape index (κ1) is 28.8. The number of carbonyl (C=O) groups excluding carboxylic acids is 2. The minimum absolute atomic E-state index is 0.0833. The SMILES string of the molecule is CC[C@@H](C)NC(=O)[C@H](C)N(Cc1ccccc1C)C(=O)CN(c1ccccc1)S(=O)(=O)c1ccc(F)cc1. The number of hydrogen-bond donors (Lipinski definition) is 1. The average molecular weight is 540 g/mol. The van der Waals surface area contributed by atoms with E-state index in [1.165, 1.54) is 17.0 Å². The predicted octanol–water partition coefficient (Wildman–Crippen LogP) is 4.66. The number of carbonyl (C=O) groups is 2. The summed E-state index contributed by atoms with van der Waals surface area (Å²) in [4.78, 5) is 28.2. The first-order valence-corrected chi connectivity index (χ1v) is 14.0. The van der Waals surface area contributed by atoms with E-state index in [4.69, 9.17) is 0 Å². The molecule has 0 unspecified atom stereocenters. The summed E-state index contributed by atoms with van der Waals surface area (Å²) in [6.45, 7) is 6.96. The molecule has 3 aromatic rings. The molecule has 7 nitrogen and oxygen atoms in total. The minimum Gasteiger partial charge on any atom is -0.352 e. The summed E-state index contributed by atoms with van der Waals surface area (Å²) in [7, 11) is -4.23. The number of aryl methyl sites for hydroxylation is 1. The minimum atomic E-state index is -4.23. The number of nitrogens with zero attached hydrogens (tertiary/aromatic N) is 2. The van der Waals surface area contributed by atoms with Gasteiger partial charge in [0.1, 0.15) is 18.4 Å². The van der Waals surface area contributed by atoms with Crippen molar-refractivity contribution in [1.82, 2.24) is 10.2 Å². The molecule has 202 valence electrons. The van der Waals surface area contributed by atoms with Gasteiger partial charge in [0, 0.05) is 12.6 Å². The Morgan fingerprint density at radius 3 is 2.13 bits per heavy atom. The van der Waals surface area contributed by atoms with Gasteiger partial charge in [-0.05, 0) is 74.7 Å². The fourth-order valence-electron chi connectivity index (χ4n) is 3.88. The third-order valence-electron chi connectivity index (χ3n) is 6.49. The summed E-state index contributed by atoms with van der Waals surface area (Å²) in [5, 5.41) is 2.91. The van der Waals surface area contributed by atoms with E-state index < -0.39 is 34.3 Å². The van der Waals surface area contributed by atoms with Gasteiger partial charge in [0.25, 0.3) is 10.0 Å². The first-order chi connectivity index (χ1) is 18.0. The van der Waals surface area contributed by atoms with Crippen LogP contribution in [0.5, 0.6) is 0 Å². The highest BCUT2D eigenvalue weighted by Crippen LogP contribution is 2.25. The average Bonchev–Trinajstić information content (AvgIpc) is 2.91. The summed E-state index contributed by atoms with van der Waals surface area (Å²) >= 11 is 0. The molecule has 0 spiro atoms. The maximum absolute atomic E-state index is 13.9. The molecule has 3 aromatic carbocycles. The predicted molar refractivity (Wildman–Crippen MR) is 146 cm³/mol. The molecule has 1 N–H and O–H groups in total. The number of amides is 2. The molecule has 0 aromatic heterocycles. The van der Waals surface area contributed by atoms with Crippen LogP contribution in [0.4, 0.5) is 10.1 Å². The maximum atomic E-state index is 13.9. The maximum Gasteiger partial charge on any atom is 0.264 e. The molecule has 0 saturated heterocycles. The third-order valence-corrected chi connectivity index (χ3v) is 8.28. The topological polar surface area (TPSA) is 86.8 Å². The number of benzene rings is 3. The van der Waals surface area contributed by atoms with Crippen LogP contribution in [0, 0.1) is 12.7 Å². The largest absolute Gasteiger partial charge is 0.352 e. The van der Waals surface area contributed by atoms with Gasteiger partial charge in [-0.25, -0.2) is 12.8 Å². The van der Waals surface area contributed by atoms with Crippen molar-refractivity contribution in [2.45, 2.75) is 57.6 Å². The van der Waals surface area contributed by atoms with Crippen LogP contribution in [0.25, 0.3) is 0 Å². The Morgan fingerprint density at radius 1 is 0.921 bits per heavy atom. The van der Waals surface area contributed by atoms with E-state index in [-0.39, 0.29) is 29.1 Å². The number of anilines is 1. The second-order valence-corrected chi connectivity index (χ2v) is 11.1. The Morgan fingerprint density at radius 2 is 1.53 bits per heavy atom. The van der Waals surface area contributed by atoms with Crippen LogP contribution in [0.3, 0.4) is 0 Å². The van der Waals surface area contributed by atoms with Crippen molar-refractivity contribution in [3.05, 3.63) is 95.8 Å². The van der Waals surface area contributed by atoms with Gasteiger partial charge in [-0.15, -0.1) is 0 Å². The molecule has 0 fully saturated rings. The van der Waals surface area contributed by atoms with Crippen LogP contribution in [-0.2, 0) is 26.2 Å². The van der Waals surface area contributed by atoms with Crippen molar-refractivity contribution in [1.29, 1.82) is 0 Å². The lowest BCUT2D eigenvalue weighted by molar-refractivity contribution is -0.139. The van der Waals surface area contributed by atoms with E-state index in [0.29, 0.717) is 0 Å². The summed E-state index contributed by atoms with van der Waals surface area (Å²) in [6.07, 6.45) is 0.724. The standard InChI is InChI=1S/C29H34FN3O4S/c1-5-22(3)31-29(35)23(4)32(19-24-12-10-9-11-21(24)2)28(34)20-33(26-13-7-6-8-14-26)38(36,37)27-17-15-25(30)16-18-27/h6-18,22-23H,5,19-20H2,1-4H3,(H,31,35)/t22-,23+/m1/s1. The second kappa shape index (κ2) is 12.7. The van der Waals surface area contributed by atoms with Gasteiger partial charge in [-0.2, -0.15) is 0 Å². The second-order valence-electron chi connectivity index (χ2n) is 9.24. The first-order valence-electron chi connectivity index (χ1n) is 12.5. The molecule has 2 amide bonds. The molecule has 0 bridgehead atoms. The van der Waals surface area contributed by atoms with Gasteiger partial charge in [0.2, 0.25) is 11.8 Å². The van der Waals surface area contributed by atoms with E-state index >= 15 is 0 Å². The molecular formula is C29H34FN3O4S. The Hall–Kier alpha value is -3.72. The van der Waals surface area contributed by atoms with Crippen LogP contribution in [0.1, 0.15) is 38.3 Å². The van der Waals surface area contributed by atoms with Crippen LogP contribution >= 0.6 is 0 Å². The monoisotopic (exact) mass is 539 g/mol. The van der Waals surface area contributed by atoms with Crippen LogP contribution < -0.4 is 9.62 Å². The highest BCUT2D eigenvalue weighted by Gasteiger charge is 2.32. The molecule has 0 radical (unpaired) electrons. The number of rotatable bonds is 11. The summed E-state index contributed by atoms with van der Waals surface area (Å²) in [5.41, 5.74) is 2.06. The zero-order valence-corrected chi connectivity index (χ0v) is 22.9. The third kappa shape index (κ3) is 6.98. The van der Waals surface area contributed by atoms with Crippen molar-refractivity contribution in [3.8, 4) is 0 Å². The Labute approximate surface area is 224 Å². The summed E-state index contributed by atoms with van der Waals surface area (Å²) < 4.78 is 41.8. The molecule has 0 aliphatic rings. The molecule has 0 saturated carbocycles. The van der Waals surface area contributed by atoms with Crippen molar-refractivity contribution >= 4 is 27.5 Å². The lowest BCUT2D eigenvalue weighted by Gasteiger charge is -2.32. The summed E-state index contributed by atoms with van der Waals surface area (Å²) in [5.74, 6) is -1.44. The quantitative estimate of drug-likeness (QED) is 0.384. The molecule has 9 heteroatoms. The van der Waals surface area contributed by atoms with E-state index in [0.717, 1.165) is 34.0 Å². The van der Waals surface area contributed by atoms with Crippen molar-refractivity contribution in [2.75, 3.05) is 10.8 Å². The Kier molecular flexibility index (Phi) is 9.63. The molecular weight excluding hydrogens is 505 g/mol. The fourth-order valence-corrected chi connectivity index (χ4v) is 5.29. The highest BCUT2D eigenvalue weighted by atomic mass is 32.2. The molecule has 2 atom stereocenters. The summed E-state index contributed by atoms with van der Waals surface area (Å²) in [6, 6.07) is 19.3. The normalized spacial score (nSPS) is 12.9. The number of halogens is 1. The van der Waals surface area contributed by atoms with Crippen LogP contribution in [0.2, 0.25) is 0 Å². The van der Waals surface area contributed by atoms with Crippen molar-refractivity contribution in [3.63, 3.8) is 0 Å². The molecule has 0 aliphatic heterocycles. The van der Waals surface area contributed by atoms with Crippen molar-refractivity contribution < 1.29 is 22.4 Å². The van der Waals surface area contributed by atoms with Gasteiger partial charge in [-0.1, -0.05) is 49.4 Å². The van der Waals surface area contributed by atoms with Gasteiger partial charge < -0.3 is 10.2 Å². The molecule has 0 heterocycles. The molecule has 0 aliphatic carbocycles. The van der Waals surface area contributed by atoms with Gasteiger partial charge in [0.05, 0.1) is 10.6 Å². The van der Waals surface area contributed by atoms with E-state index in [2.05, 4.69) is 5.32 Å². The van der Waals surface area contributed by atoms with Gasteiger partial charge in [-0.3, -0.25) is 13.9 Å². The van der Waals surface area contributed by atoms with Crippen molar-refractivity contribution in [2.24, 2.45) is 0 Å². The van der Waals surface area contributed by atoms with E-state index in [1.807, 2.05) is 45.0 Å². The van der Waals surface area contributed by atoms with E-state index in [9.17, 15) is 22.4 Å². The van der Waals surface area contributed by atoms with Gasteiger partial charge in [0.15, 0.2) is 0 Å². The fraction of sp³-hybridized carbons (Fsp3) is 0.310. The van der Waals surface area contributed by atoms with Crippen LogP contribution in [0.15, 0.2) is 83.8 Å². The Balaban J connectivity index is 2.01. The zero-order valence-electron chi connectivity index (χ0n) is 22.1. The molecule has 38 heavy (non-hydrogen) atoms.